The molecule has 0 saturated carbocycles. The van der Waals surface area contributed by atoms with Crippen LogP contribution in [0, 0.1) is 0 Å². The van der Waals surface area contributed by atoms with Crippen LogP contribution in [0.4, 0.5) is 0 Å². The molecule has 0 radical (unpaired) electrons. The van der Waals surface area contributed by atoms with Crippen LogP contribution in [-0.4, -0.2) is 37.6 Å². The molecule has 0 unspecified atom stereocenters. The minimum atomic E-state index is 0. The average molecular weight is 165 g/mol. The van der Waals surface area contributed by atoms with E-state index in [0.29, 0.717) is 0 Å². The molecule has 0 aromatic carbocycles. The van der Waals surface area contributed by atoms with Crippen molar-refractivity contribution in [2.75, 3.05) is 26.7 Å². The van der Waals surface area contributed by atoms with Crippen molar-refractivity contribution in [1.29, 1.82) is 0 Å². The molecule has 62 valence electrons. The maximum absolute atomic E-state index is 3.46. The van der Waals surface area contributed by atoms with Gasteiger partial charge in [0.2, 0.25) is 0 Å². The molecule has 0 aromatic rings. The first-order valence-electron chi connectivity index (χ1n) is 3.75. The molecule has 10 heavy (non-hydrogen) atoms. The summed E-state index contributed by atoms with van der Waals surface area (Å²) in [5, 5.41) is 3.46. The van der Waals surface area contributed by atoms with Gasteiger partial charge in [-0.05, 0) is 13.5 Å². The molecule has 1 heterocycles. The van der Waals surface area contributed by atoms with Crippen LogP contribution in [0.5, 0.6) is 0 Å². The van der Waals surface area contributed by atoms with Crippen molar-refractivity contribution in [2.45, 2.75) is 19.4 Å². The van der Waals surface area contributed by atoms with Gasteiger partial charge in [0.25, 0.3) is 0 Å². The molecular weight excluding hydrogens is 148 g/mol. The predicted molar refractivity (Wildman–Crippen MR) is 46.8 cm³/mol. The van der Waals surface area contributed by atoms with Gasteiger partial charge < -0.3 is 10.2 Å². The second kappa shape index (κ2) is 4.94. The van der Waals surface area contributed by atoms with E-state index >= 15 is 0 Å². The summed E-state index contributed by atoms with van der Waals surface area (Å²) in [4.78, 5) is 2.38. The Morgan fingerprint density at radius 1 is 1.60 bits per heavy atom. The highest BCUT2D eigenvalue weighted by Crippen LogP contribution is 1.98. The minimum Gasteiger partial charge on any atom is -0.311 e. The van der Waals surface area contributed by atoms with E-state index in [4.69, 9.17) is 0 Å². The molecule has 1 fully saturated rings. The third kappa shape index (κ3) is 2.86. The quantitative estimate of drug-likeness (QED) is 0.615. The van der Waals surface area contributed by atoms with Crippen LogP contribution in [-0.2, 0) is 0 Å². The van der Waals surface area contributed by atoms with Gasteiger partial charge in [-0.2, -0.15) is 0 Å². The summed E-state index contributed by atoms with van der Waals surface area (Å²) in [6, 6.07) is 0.740. The van der Waals surface area contributed by atoms with Gasteiger partial charge in [0.1, 0.15) is 0 Å². The fraction of sp³-hybridized carbons (Fsp3) is 1.00. The highest BCUT2D eigenvalue weighted by Gasteiger charge is 2.12. The monoisotopic (exact) mass is 164 g/mol. The van der Waals surface area contributed by atoms with Crippen molar-refractivity contribution in [3.05, 3.63) is 0 Å². The standard InChI is InChI=1S/C7H16N2.ClH/c1-3-7-6-9(2)5-4-8-7;/h7-8H,3-6H2,1-2H3;1H/t7-;/m0./s1. The molecule has 0 amide bonds. The molecule has 3 heteroatoms. The summed E-state index contributed by atoms with van der Waals surface area (Å²) >= 11 is 0. The Kier molecular flexibility index (Phi) is 5.04. The largest absolute Gasteiger partial charge is 0.311 e. The summed E-state index contributed by atoms with van der Waals surface area (Å²) < 4.78 is 0. The van der Waals surface area contributed by atoms with Gasteiger partial charge in [0.15, 0.2) is 0 Å². The van der Waals surface area contributed by atoms with Crippen molar-refractivity contribution in [2.24, 2.45) is 0 Å². The summed E-state index contributed by atoms with van der Waals surface area (Å²) in [7, 11) is 2.18. The molecule has 0 spiro atoms. The van der Waals surface area contributed by atoms with Gasteiger partial charge in [0.05, 0.1) is 0 Å². The molecular formula is C7H17ClN2. The lowest BCUT2D eigenvalue weighted by Gasteiger charge is -2.29. The summed E-state index contributed by atoms with van der Waals surface area (Å²) in [5.74, 6) is 0. The van der Waals surface area contributed by atoms with Crippen LogP contribution >= 0.6 is 12.4 Å². The molecule has 1 aliphatic rings. The van der Waals surface area contributed by atoms with Gasteiger partial charge in [-0.3, -0.25) is 0 Å². The SMILES string of the molecule is CC[C@H]1CN(C)CCN1.Cl. The van der Waals surface area contributed by atoms with Crippen LogP contribution < -0.4 is 5.32 Å². The Morgan fingerprint density at radius 2 is 2.30 bits per heavy atom. The van der Waals surface area contributed by atoms with Gasteiger partial charge in [0, 0.05) is 25.7 Å². The molecule has 1 saturated heterocycles. The Balaban J connectivity index is 0.000000810. The van der Waals surface area contributed by atoms with Crippen LogP contribution in [0.2, 0.25) is 0 Å². The van der Waals surface area contributed by atoms with Crippen molar-refractivity contribution >= 4 is 12.4 Å². The number of hydrogen-bond donors (Lipinski definition) is 1. The third-order valence-corrected chi connectivity index (χ3v) is 1.95. The molecule has 1 aliphatic heterocycles. The molecule has 1 N–H and O–H groups in total. The van der Waals surface area contributed by atoms with E-state index in [0.717, 1.165) is 12.6 Å². The van der Waals surface area contributed by atoms with Gasteiger partial charge >= 0.3 is 0 Å². The lowest BCUT2D eigenvalue weighted by molar-refractivity contribution is 0.235. The number of rotatable bonds is 1. The van der Waals surface area contributed by atoms with Crippen LogP contribution in [0.15, 0.2) is 0 Å². The number of halogens is 1. The maximum Gasteiger partial charge on any atom is 0.0192 e. The predicted octanol–water partition coefficient (Wildman–Crippen LogP) is 0.722. The Hall–Kier alpha value is 0.210. The normalized spacial score (nSPS) is 27.6. The van der Waals surface area contributed by atoms with Gasteiger partial charge in [-0.15, -0.1) is 12.4 Å². The van der Waals surface area contributed by atoms with E-state index < -0.39 is 0 Å². The van der Waals surface area contributed by atoms with Crippen LogP contribution in [0.3, 0.4) is 0 Å². The Morgan fingerprint density at radius 3 is 2.70 bits per heavy atom. The Labute approximate surface area is 69.4 Å². The van der Waals surface area contributed by atoms with Crippen LogP contribution in [0.1, 0.15) is 13.3 Å². The second-order valence-electron chi connectivity index (χ2n) is 2.82. The maximum atomic E-state index is 3.46. The van der Waals surface area contributed by atoms with E-state index in [1.165, 1.54) is 19.5 Å². The molecule has 0 aromatic heterocycles. The van der Waals surface area contributed by atoms with Gasteiger partial charge in [-0.25, -0.2) is 0 Å². The first-order chi connectivity index (χ1) is 4.33. The first kappa shape index (κ1) is 10.2. The number of nitrogens with one attached hydrogen (secondary N) is 1. The van der Waals surface area contributed by atoms with Gasteiger partial charge in [-0.1, -0.05) is 6.92 Å². The summed E-state index contributed by atoms with van der Waals surface area (Å²) in [6.07, 6.45) is 1.25. The van der Waals surface area contributed by atoms with E-state index in [2.05, 4.69) is 24.2 Å². The molecule has 2 nitrogen and oxygen atoms in total. The van der Waals surface area contributed by atoms with E-state index in [1.54, 1.807) is 0 Å². The zero-order valence-electron chi connectivity index (χ0n) is 6.76. The fourth-order valence-corrected chi connectivity index (χ4v) is 1.27. The highest BCUT2D eigenvalue weighted by atomic mass is 35.5. The molecule has 1 rings (SSSR count). The average Bonchev–Trinajstić information content (AvgIpc) is 1.88. The second-order valence-corrected chi connectivity index (χ2v) is 2.82. The van der Waals surface area contributed by atoms with Crippen molar-refractivity contribution in [3.63, 3.8) is 0 Å². The van der Waals surface area contributed by atoms with E-state index in [1.807, 2.05) is 0 Å². The fourth-order valence-electron chi connectivity index (χ4n) is 1.27. The van der Waals surface area contributed by atoms with E-state index in [9.17, 15) is 0 Å². The zero-order valence-corrected chi connectivity index (χ0v) is 7.58. The number of nitrogens with zero attached hydrogens (tertiary/aromatic N) is 1. The Bertz CT molecular complexity index is 87.7. The van der Waals surface area contributed by atoms with Crippen molar-refractivity contribution in [1.82, 2.24) is 10.2 Å². The van der Waals surface area contributed by atoms with Crippen LogP contribution in [0.25, 0.3) is 0 Å². The highest BCUT2D eigenvalue weighted by molar-refractivity contribution is 5.85. The third-order valence-electron chi connectivity index (χ3n) is 1.95. The van der Waals surface area contributed by atoms with Crippen molar-refractivity contribution < 1.29 is 0 Å². The summed E-state index contributed by atoms with van der Waals surface area (Å²) in [6.45, 7) is 5.82. The van der Waals surface area contributed by atoms with E-state index in [-0.39, 0.29) is 12.4 Å². The zero-order chi connectivity index (χ0) is 6.69. The number of piperazine rings is 1. The van der Waals surface area contributed by atoms with Crippen molar-refractivity contribution in [3.8, 4) is 0 Å². The molecule has 1 atom stereocenters. The number of likely N-dealkylation sites (N-methyl/N-ethyl adjacent to an activating group) is 1. The lowest BCUT2D eigenvalue weighted by atomic mass is 10.2. The molecule has 0 bridgehead atoms. The molecule has 0 aliphatic carbocycles. The summed E-state index contributed by atoms with van der Waals surface area (Å²) in [5.41, 5.74) is 0. The first-order valence-corrected chi connectivity index (χ1v) is 3.75. The lowest BCUT2D eigenvalue weighted by Crippen LogP contribution is -2.48. The minimum absolute atomic E-state index is 0. The number of hydrogen-bond acceptors (Lipinski definition) is 2. The smallest absolute Gasteiger partial charge is 0.0192 e. The topological polar surface area (TPSA) is 15.3 Å².